The first kappa shape index (κ1) is 20.6. The van der Waals surface area contributed by atoms with Gasteiger partial charge in [0.15, 0.2) is 0 Å². The van der Waals surface area contributed by atoms with Crippen molar-refractivity contribution in [3.8, 4) is 16.9 Å². The lowest BCUT2D eigenvalue weighted by atomic mass is 10.0. The molecule has 1 amide bonds. The Morgan fingerprint density at radius 2 is 1.62 bits per heavy atom. The summed E-state index contributed by atoms with van der Waals surface area (Å²) < 4.78 is 8.77. The molecule has 0 atom stereocenters. The summed E-state index contributed by atoms with van der Waals surface area (Å²) in [6.07, 6.45) is 0. The second-order valence-electron chi connectivity index (χ2n) is 7.74. The van der Waals surface area contributed by atoms with Gasteiger partial charge in [-0.3, -0.25) is 4.79 Å². The summed E-state index contributed by atoms with van der Waals surface area (Å²) in [5.41, 5.74) is 11.8. The predicted molar refractivity (Wildman–Crippen MR) is 138 cm³/mol. The van der Waals surface area contributed by atoms with Crippen LogP contribution in [0.1, 0.15) is 15.9 Å². The highest BCUT2D eigenvalue weighted by Crippen LogP contribution is 2.35. The zero-order valence-corrected chi connectivity index (χ0v) is 19.7. The summed E-state index contributed by atoms with van der Waals surface area (Å²) in [7, 11) is 1.67. The fourth-order valence-corrected chi connectivity index (χ4v) is 4.61. The van der Waals surface area contributed by atoms with Gasteiger partial charge in [0, 0.05) is 26.5 Å². The maximum absolute atomic E-state index is 12.2. The Morgan fingerprint density at radius 3 is 2.31 bits per heavy atom. The van der Waals surface area contributed by atoms with Gasteiger partial charge in [-0.2, -0.15) is 0 Å². The molecule has 0 aliphatic carbocycles. The van der Waals surface area contributed by atoms with Gasteiger partial charge in [0.25, 0.3) is 0 Å². The number of nitrogens with two attached hydrogens (primary N) is 1. The molecule has 0 unspecified atom stereocenters. The van der Waals surface area contributed by atoms with Gasteiger partial charge >= 0.3 is 0 Å². The normalized spacial score (nSPS) is 11.2. The Labute approximate surface area is 199 Å². The number of fused-ring (bicyclic) bond motifs is 3. The number of amides is 1. The van der Waals surface area contributed by atoms with E-state index >= 15 is 0 Å². The lowest BCUT2D eigenvalue weighted by molar-refractivity contribution is 0.100. The standard InChI is InChI=1S/C27H21IN2O2/c1-32-21-12-7-18(8-13-21)19-9-14-22-25(15-19)30(16-17-5-10-20(28)11-6-17)24-4-2-3-23(26(22)24)27(29)31/h2-15H,16H2,1H3,(H2,29,31). The monoisotopic (exact) mass is 532 g/mol. The number of nitrogens with zero attached hydrogens (tertiary/aromatic N) is 1. The predicted octanol–water partition coefficient (Wildman–Crippen LogP) is 6.22. The van der Waals surface area contributed by atoms with Gasteiger partial charge in [0.1, 0.15) is 5.75 Å². The number of carbonyl (C=O) groups excluding carboxylic acids is 1. The van der Waals surface area contributed by atoms with E-state index in [2.05, 4.69) is 87.8 Å². The average Bonchev–Trinajstić information content (AvgIpc) is 3.13. The Kier molecular flexibility index (Phi) is 5.35. The van der Waals surface area contributed by atoms with E-state index in [0.29, 0.717) is 12.1 Å². The zero-order chi connectivity index (χ0) is 22.2. The molecule has 32 heavy (non-hydrogen) atoms. The highest BCUT2D eigenvalue weighted by molar-refractivity contribution is 14.1. The van der Waals surface area contributed by atoms with Crippen molar-refractivity contribution in [1.82, 2.24) is 4.57 Å². The third-order valence-electron chi connectivity index (χ3n) is 5.83. The van der Waals surface area contributed by atoms with Gasteiger partial charge < -0.3 is 15.0 Å². The van der Waals surface area contributed by atoms with Gasteiger partial charge in [-0.15, -0.1) is 0 Å². The molecule has 1 aromatic heterocycles. The largest absolute Gasteiger partial charge is 0.497 e. The van der Waals surface area contributed by atoms with Gasteiger partial charge in [-0.25, -0.2) is 0 Å². The van der Waals surface area contributed by atoms with Crippen molar-refractivity contribution in [2.45, 2.75) is 6.54 Å². The number of halogens is 1. The minimum atomic E-state index is -0.414. The van der Waals surface area contributed by atoms with Crippen LogP contribution in [0.4, 0.5) is 0 Å². The molecule has 0 fully saturated rings. The van der Waals surface area contributed by atoms with Gasteiger partial charge in [0.05, 0.1) is 18.1 Å². The Hall–Kier alpha value is -3.32. The molecule has 1 heterocycles. The van der Waals surface area contributed by atoms with E-state index in [0.717, 1.165) is 38.7 Å². The smallest absolute Gasteiger partial charge is 0.249 e. The Bertz CT molecular complexity index is 1450. The number of hydrogen-bond acceptors (Lipinski definition) is 2. The highest BCUT2D eigenvalue weighted by atomic mass is 127. The van der Waals surface area contributed by atoms with Crippen LogP contribution in [-0.2, 0) is 6.54 Å². The van der Waals surface area contributed by atoms with Crippen LogP contribution in [0.15, 0.2) is 84.9 Å². The van der Waals surface area contributed by atoms with Crippen LogP contribution < -0.4 is 10.5 Å². The van der Waals surface area contributed by atoms with Crippen LogP contribution in [0.25, 0.3) is 32.9 Å². The van der Waals surface area contributed by atoms with Crippen LogP contribution in [0, 0.1) is 3.57 Å². The van der Waals surface area contributed by atoms with Gasteiger partial charge in [-0.1, -0.05) is 42.5 Å². The second-order valence-corrected chi connectivity index (χ2v) is 8.98. The zero-order valence-electron chi connectivity index (χ0n) is 17.5. The molecule has 5 heteroatoms. The van der Waals surface area contributed by atoms with E-state index < -0.39 is 5.91 Å². The first-order chi connectivity index (χ1) is 15.5. The molecule has 0 saturated heterocycles. The van der Waals surface area contributed by atoms with Crippen LogP contribution in [0.3, 0.4) is 0 Å². The summed E-state index contributed by atoms with van der Waals surface area (Å²) >= 11 is 2.31. The number of primary amides is 1. The summed E-state index contributed by atoms with van der Waals surface area (Å²) in [6.45, 7) is 0.700. The molecule has 4 aromatic carbocycles. The second kappa shape index (κ2) is 8.31. The van der Waals surface area contributed by atoms with Crippen LogP contribution in [-0.4, -0.2) is 17.6 Å². The summed E-state index contributed by atoms with van der Waals surface area (Å²) in [4.78, 5) is 12.2. The number of hydrogen-bond donors (Lipinski definition) is 1. The molecule has 158 valence electrons. The van der Waals surface area contributed by atoms with E-state index in [4.69, 9.17) is 10.5 Å². The fourth-order valence-electron chi connectivity index (χ4n) is 4.26. The third kappa shape index (κ3) is 3.62. The van der Waals surface area contributed by atoms with Crippen molar-refractivity contribution in [3.63, 3.8) is 0 Å². The van der Waals surface area contributed by atoms with E-state index in [1.165, 1.54) is 9.13 Å². The third-order valence-corrected chi connectivity index (χ3v) is 6.55. The number of carbonyl (C=O) groups is 1. The molecule has 0 aliphatic heterocycles. The SMILES string of the molecule is COc1ccc(-c2ccc3c4c(C(N)=O)cccc4n(Cc4ccc(I)cc4)c3c2)cc1. The molecular weight excluding hydrogens is 511 g/mol. The molecule has 0 bridgehead atoms. The quantitative estimate of drug-likeness (QED) is 0.273. The molecule has 4 nitrogen and oxygen atoms in total. The molecule has 2 N–H and O–H groups in total. The Balaban J connectivity index is 1.75. The minimum Gasteiger partial charge on any atom is -0.497 e. The topological polar surface area (TPSA) is 57.2 Å². The maximum atomic E-state index is 12.2. The molecule has 0 saturated carbocycles. The van der Waals surface area contributed by atoms with Gasteiger partial charge in [0.2, 0.25) is 5.91 Å². The lowest BCUT2D eigenvalue weighted by Crippen LogP contribution is -2.11. The van der Waals surface area contributed by atoms with Gasteiger partial charge in [-0.05, 0) is 81.7 Å². The summed E-state index contributed by atoms with van der Waals surface area (Å²) in [5.74, 6) is 0.414. The molecule has 0 aliphatic rings. The Morgan fingerprint density at radius 1 is 0.906 bits per heavy atom. The highest BCUT2D eigenvalue weighted by Gasteiger charge is 2.17. The van der Waals surface area contributed by atoms with Crippen LogP contribution in [0.2, 0.25) is 0 Å². The lowest BCUT2D eigenvalue weighted by Gasteiger charge is -2.10. The fraction of sp³-hybridized carbons (Fsp3) is 0.0741. The van der Waals surface area contributed by atoms with E-state index in [1.54, 1.807) is 13.2 Å². The first-order valence-electron chi connectivity index (χ1n) is 10.3. The summed E-state index contributed by atoms with van der Waals surface area (Å²) in [6, 6.07) is 28.7. The molecule has 0 radical (unpaired) electrons. The van der Waals surface area contributed by atoms with Crippen molar-refractivity contribution in [3.05, 3.63) is 99.6 Å². The van der Waals surface area contributed by atoms with Crippen LogP contribution in [0.5, 0.6) is 5.75 Å². The molecule has 5 rings (SSSR count). The summed E-state index contributed by atoms with van der Waals surface area (Å²) in [5, 5.41) is 1.93. The van der Waals surface area contributed by atoms with Crippen molar-refractivity contribution in [2.75, 3.05) is 7.11 Å². The van der Waals surface area contributed by atoms with E-state index in [1.807, 2.05) is 18.2 Å². The van der Waals surface area contributed by atoms with Crippen molar-refractivity contribution < 1.29 is 9.53 Å². The minimum absolute atomic E-state index is 0.414. The average molecular weight is 532 g/mol. The van der Waals surface area contributed by atoms with Crippen molar-refractivity contribution in [2.24, 2.45) is 5.73 Å². The van der Waals surface area contributed by atoms with Crippen molar-refractivity contribution in [1.29, 1.82) is 0 Å². The number of methoxy groups -OCH3 is 1. The molecule has 0 spiro atoms. The maximum Gasteiger partial charge on any atom is 0.249 e. The van der Waals surface area contributed by atoms with E-state index in [9.17, 15) is 4.79 Å². The molecular formula is C27H21IN2O2. The van der Waals surface area contributed by atoms with Crippen molar-refractivity contribution >= 4 is 50.3 Å². The van der Waals surface area contributed by atoms with Crippen LogP contribution >= 0.6 is 22.6 Å². The van der Waals surface area contributed by atoms with E-state index in [-0.39, 0.29) is 0 Å². The number of rotatable bonds is 5. The number of benzene rings is 4. The molecule has 5 aromatic rings. The first-order valence-corrected chi connectivity index (χ1v) is 11.4. The number of aromatic nitrogens is 1. The number of ether oxygens (including phenoxy) is 1.